The minimum atomic E-state index is 0.149. The van der Waals surface area contributed by atoms with Crippen LogP contribution in [0.5, 0.6) is 0 Å². The van der Waals surface area contributed by atoms with Gasteiger partial charge in [0.2, 0.25) is 0 Å². The Morgan fingerprint density at radius 3 is 2.72 bits per heavy atom. The Morgan fingerprint density at radius 1 is 1.17 bits per heavy atom. The first-order valence-electron chi connectivity index (χ1n) is 6.53. The van der Waals surface area contributed by atoms with E-state index in [0.29, 0.717) is 0 Å². The van der Waals surface area contributed by atoms with Crippen LogP contribution in [0.25, 0.3) is 11.0 Å². The third-order valence-electron chi connectivity index (χ3n) is 3.53. The molecule has 2 heterocycles. The summed E-state index contributed by atoms with van der Waals surface area (Å²) in [6.07, 6.45) is 3.49. The number of nitrogens with zero attached hydrogens (tertiary/aromatic N) is 1. The molecule has 0 bridgehead atoms. The van der Waals surface area contributed by atoms with Gasteiger partial charge in [-0.25, -0.2) is 0 Å². The van der Waals surface area contributed by atoms with Crippen LogP contribution in [-0.2, 0) is 0 Å². The van der Waals surface area contributed by atoms with E-state index in [4.69, 9.17) is 4.42 Å². The molecule has 1 amide bonds. The molecule has 0 radical (unpaired) electrons. The predicted molar refractivity (Wildman–Crippen MR) is 70.7 cm³/mol. The van der Waals surface area contributed by atoms with E-state index in [1.807, 2.05) is 36.1 Å². The number of amides is 1. The Morgan fingerprint density at radius 2 is 1.94 bits per heavy atom. The van der Waals surface area contributed by atoms with E-state index in [2.05, 4.69) is 0 Å². The molecule has 0 saturated carbocycles. The van der Waals surface area contributed by atoms with Gasteiger partial charge in [-0.05, 0) is 50.5 Å². The monoisotopic (exact) mass is 243 g/mol. The second-order valence-electron chi connectivity index (χ2n) is 4.96. The summed E-state index contributed by atoms with van der Waals surface area (Å²) in [6.45, 7) is 3.70. The molecule has 0 unspecified atom stereocenters. The molecule has 0 spiro atoms. The summed E-state index contributed by atoms with van der Waals surface area (Å²) in [6, 6.07) is 7.66. The van der Waals surface area contributed by atoms with Crippen LogP contribution in [0.1, 0.15) is 35.4 Å². The highest BCUT2D eigenvalue weighted by molar-refractivity contribution is 5.97. The topological polar surface area (TPSA) is 33.5 Å². The number of likely N-dealkylation sites (tertiary alicyclic amines) is 1. The molecular weight excluding hydrogens is 226 g/mol. The molecule has 1 fully saturated rings. The van der Waals surface area contributed by atoms with E-state index in [0.717, 1.165) is 48.2 Å². The quantitative estimate of drug-likeness (QED) is 0.769. The number of hydrogen-bond donors (Lipinski definition) is 0. The van der Waals surface area contributed by atoms with E-state index in [9.17, 15) is 4.79 Å². The van der Waals surface area contributed by atoms with Crippen LogP contribution >= 0.6 is 0 Å². The largest absolute Gasteiger partial charge is 0.461 e. The molecule has 3 rings (SSSR count). The second kappa shape index (κ2) is 4.48. The molecule has 1 aromatic heterocycles. The maximum absolute atomic E-state index is 12.3. The number of hydrogen-bond acceptors (Lipinski definition) is 2. The maximum atomic E-state index is 12.3. The van der Waals surface area contributed by atoms with Crippen LogP contribution in [0.3, 0.4) is 0 Å². The molecule has 1 aromatic carbocycles. The minimum Gasteiger partial charge on any atom is -0.461 e. The number of benzene rings is 1. The van der Waals surface area contributed by atoms with Crippen molar-refractivity contribution in [1.82, 2.24) is 4.90 Å². The first kappa shape index (κ1) is 11.3. The van der Waals surface area contributed by atoms with Crippen LogP contribution in [0.15, 0.2) is 28.7 Å². The van der Waals surface area contributed by atoms with Crippen molar-refractivity contribution in [1.29, 1.82) is 0 Å². The molecule has 18 heavy (non-hydrogen) atoms. The smallest absolute Gasteiger partial charge is 0.253 e. The summed E-state index contributed by atoms with van der Waals surface area (Å²) in [7, 11) is 0. The number of carbonyl (C=O) groups excluding carboxylic acids is 1. The highest BCUT2D eigenvalue weighted by atomic mass is 16.3. The molecule has 1 aliphatic rings. The number of aryl methyl sites for hydroxylation is 1. The summed E-state index contributed by atoms with van der Waals surface area (Å²) in [5.41, 5.74) is 1.62. The number of furan rings is 1. The summed E-state index contributed by atoms with van der Waals surface area (Å²) in [4.78, 5) is 14.3. The van der Waals surface area contributed by atoms with Crippen molar-refractivity contribution in [3.8, 4) is 0 Å². The van der Waals surface area contributed by atoms with E-state index in [1.54, 1.807) is 0 Å². The SMILES string of the molecule is Cc1cc2cc(C(=O)N3CCCCC3)ccc2o1. The van der Waals surface area contributed by atoms with E-state index in [-0.39, 0.29) is 5.91 Å². The average molecular weight is 243 g/mol. The fraction of sp³-hybridized carbons (Fsp3) is 0.400. The highest BCUT2D eigenvalue weighted by Crippen LogP contribution is 2.21. The Hall–Kier alpha value is -1.77. The molecule has 1 saturated heterocycles. The van der Waals surface area contributed by atoms with E-state index in [1.165, 1.54) is 6.42 Å². The van der Waals surface area contributed by atoms with Gasteiger partial charge in [-0.1, -0.05) is 0 Å². The average Bonchev–Trinajstić information content (AvgIpc) is 2.78. The Bertz CT molecular complexity index is 579. The van der Waals surface area contributed by atoms with Crippen molar-refractivity contribution in [2.75, 3.05) is 13.1 Å². The lowest BCUT2D eigenvalue weighted by Crippen LogP contribution is -2.35. The van der Waals surface area contributed by atoms with Gasteiger partial charge in [-0.2, -0.15) is 0 Å². The van der Waals surface area contributed by atoms with Crippen molar-refractivity contribution in [2.45, 2.75) is 26.2 Å². The molecule has 3 heteroatoms. The van der Waals surface area contributed by atoms with Gasteiger partial charge in [0.25, 0.3) is 5.91 Å². The number of carbonyl (C=O) groups is 1. The highest BCUT2D eigenvalue weighted by Gasteiger charge is 2.18. The Balaban J connectivity index is 1.90. The lowest BCUT2D eigenvalue weighted by atomic mass is 10.1. The van der Waals surface area contributed by atoms with Gasteiger partial charge in [0.15, 0.2) is 0 Å². The molecule has 2 aromatic rings. The van der Waals surface area contributed by atoms with E-state index < -0.39 is 0 Å². The lowest BCUT2D eigenvalue weighted by Gasteiger charge is -2.26. The van der Waals surface area contributed by atoms with Crippen molar-refractivity contribution in [3.05, 3.63) is 35.6 Å². The molecule has 1 aliphatic heterocycles. The number of rotatable bonds is 1. The molecular formula is C15H17NO2. The fourth-order valence-corrected chi connectivity index (χ4v) is 2.59. The minimum absolute atomic E-state index is 0.149. The van der Waals surface area contributed by atoms with E-state index >= 15 is 0 Å². The van der Waals surface area contributed by atoms with Crippen molar-refractivity contribution >= 4 is 16.9 Å². The maximum Gasteiger partial charge on any atom is 0.253 e. The first-order chi connectivity index (χ1) is 8.74. The van der Waals surface area contributed by atoms with Gasteiger partial charge in [-0.15, -0.1) is 0 Å². The number of fused-ring (bicyclic) bond motifs is 1. The summed E-state index contributed by atoms with van der Waals surface area (Å²) in [5, 5.41) is 1.01. The fourth-order valence-electron chi connectivity index (χ4n) is 2.59. The Kier molecular flexibility index (Phi) is 2.82. The van der Waals surface area contributed by atoms with Crippen molar-refractivity contribution in [2.24, 2.45) is 0 Å². The third-order valence-corrected chi connectivity index (χ3v) is 3.53. The zero-order valence-corrected chi connectivity index (χ0v) is 10.6. The standard InChI is InChI=1S/C15H17NO2/c1-11-9-13-10-12(5-6-14(13)18-11)15(17)16-7-3-2-4-8-16/h5-6,9-10H,2-4,7-8H2,1H3. The number of piperidine rings is 1. The summed E-state index contributed by atoms with van der Waals surface area (Å²) in [5.74, 6) is 1.03. The normalized spacial score (nSPS) is 16.2. The molecule has 0 N–H and O–H groups in total. The van der Waals surface area contributed by atoms with Crippen LogP contribution in [-0.4, -0.2) is 23.9 Å². The molecule has 3 nitrogen and oxygen atoms in total. The third kappa shape index (κ3) is 2.01. The first-order valence-corrected chi connectivity index (χ1v) is 6.53. The van der Waals surface area contributed by atoms with Gasteiger partial charge in [0.1, 0.15) is 11.3 Å². The van der Waals surface area contributed by atoms with Crippen molar-refractivity contribution in [3.63, 3.8) is 0 Å². The molecule has 94 valence electrons. The van der Waals surface area contributed by atoms with Gasteiger partial charge in [0, 0.05) is 24.0 Å². The summed E-state index contributed by atoms with van der Waals surface area (Å²) >= 11 is 0. The molecule has 0 atom stereocenters. The zero-order chi connectivity index (χ0) is 12.5. The van der Waals surface area contributed by atoms with Crippen LogP contribution in [0, 0.1) is 6.92 Å². The molecule has 0 aliphatic carbocycles. The van der Waals surface area contributed by atoms with Crippen LogP contribution in [0.4, 0.5) is 0 Å². The van der Waals surface area contributed by atoms with Crippen LogP contribution in [0.2, 0.25) is 0 Å². The summed E-state index contributed by atoms with van der Waals surface area (Å²) < 4.78 is 5.52. The lowest BCUT2D eigenvalue weighted by molar-refractivity contribution is 0.0724. The van der Waals surface area contributed by atoms with Gasteiger partial charge < -0.3 is 9.32 Å². The Labute approximate surface area is 106 Å². The van der Waals surface area contributed by atoms with Crippen LogP contribution < -0.4 is 0 Å². The van der Waals surface area contributed by atoms with Crippen molar-refractivity contribution < 1.29 is 9.21 Å². The zero-order valence-electron chi connectivity index (χ0n) is 10.6. The van der Waals surface area contributed by atoms with Gasteiger partial charge in [-0.3, -0.25) is 4.79 Å². The second-order valence-corrected chi connectivity index (χ2v) is 4.96. The van der Waals surface area contributed by atoms with Gasteiger partial charge >= 0.3 is 0 Å². The predicted octanol–water partition coefficient (Wildman–Crippen LogP) is 3.37. The van der Waals surface area contributed by atoms with Gasteiger partial charge in [0.05, 0.1) is 0 Å².